The molecule has 0 fully saturated rings. The van der Waals surface area contributed by atoms with Gasteiger partial charge in [-0.05, 0) is 29.8 Å². The van der Waals surface area contributed by atoms with E-state index in [2.05, 4.69) is 25.8 Å². The summed E-state index contributed by atoms with van der Waals surface area (Å²) in [6.07, 6.45) is 1.57. The Morgan fingerprint density at radius 2 is 1.88 bits per heavy atom. The topological polar surface area (TPSA) is 72.0 Å². The summed E-state index contributed by atoms with van der Waals surface area (Å²) >= 11 is 5.88. The van der Waals surface area contributed by atoms with Gasteiger partial charge in [-0.1, -0.05) is 35.9 Å². The molecule has 0 amide bonds. The van der Waals surface area contributed by atoms with Crippen molar-refractivity contribution < 1.29 is 4.74 Å². The van der Waals surface area contributed by atoms with Crippen LogP contribution in [0.4, 0.5) is 17.5 Å². The largest absolute Gasteiger partial charge is 0.495 e. The van der Waals surface area contributed by atoms with Crippen molar-refractivity contribution in [1.29, 1.82) is 0 Å². The van der Waals surface area contributed by atoms with Crippen molar-refractivity contribution in [3.63, 3.8) is 0 Å². The molecule has 122 valence electrons. The van der Waals surface area contributed by atoms with Gasteiger partial charge in [-0.25, -0.2) is 0 Å². The molecule has 1 heterocycles. The standard InChI is InChI=1S/C17H16ClN5O/c1-24-15-5-3-2-4-14(15)21-17-22-16(11-20-23-17)19-10-12-6-8-13(18)9-7-12/h2-9,11H,10H2,1H3,(H2,19,21,22,23). The molecule has 3 rings (SSSR count). The van der Waals surface area contributed by atoms with Crippen LogP contribution in [0.25, 0.3) is 0 Å². The fourth-order valence-corrected chi connectivity index (χ4v) is 2.23. The van der Waals surface area contributed by atoms with Gasteiger partial charge in [0.25, 0.3) is 0 Å². The predicted molar refractivity (Wildman–Crippen MR) is 94.9 cm³/mol. The lowest BCUT2D eigenvalue weighted by molar-refractivity contribution is 0.417. The van der Waals surface area contributed by atoms with Crippen LogP contribution < -0.4 is 15.4 Å². The third kappa shape index (κ3) is 4.11. The highest BCUT2D eigenvalue weighted by atomic mass is 35.5. The zero-order valence-electron chi connectivity index (χ0n) is 13.0. The van der Waals surface area contributed by atoms with E-state index in [4.69, 9.17) is 16.3 Å². The van der Waals surface area contributed by atoms with Crippen molar-refractivity contribution in [3.8, 4) is 5.75 Å². The monoisotopic (exact) mass is 341 g/mol. The molecule has 24 heavy (non-hydrogen) atoms. The average molecular weight is 342 g/mol. The summed E-state index contributed by atoms with van der Waals surface area (Å²) < 4.78 is 5.30. The summed E-state index contributed by atoms with van der Waals surface area (Å²) in [4.78, 5) is 4.40. The molecule has 0 unspecified atom stereocenters. The van der Waals surface area contributed by atoms with Crippen molar-refractivity contribution in [2.24, 2.45) is 0 Å². The fraction of sp³-hybridized carbons (Fsp3) is 0.118. The molecule has 0 saturated heterocycles. The maximum absolute atomic E-state index is 5.88. The molecule has 7 heteroatoms. The van der Waals surface area contributed by atoms with E-state index in [1.165, 1.54) is 0 Å². The van der Waals surface area contributed by atoms with E-state index in [-0.39, 0.29) is 0 Å². The number of benzene rings is 2. The molecule has 0 spiro atoms. The van der Waals surface area contributed by atoms with Crippen LogP contribution in [0.3, 0.4) is 0 Å². The van der Waals surface area contributed by atoms with E-state index >= 15 is 0 Å². The lowest BCUT2D eigenvalue weighted by atomic mass is 10.2. The van der Waals surface area contributed by atoms with Gasteiger partial charge in [0.1, 0.15) is 5.75 Å². The van der Waals surface area contributed by atoms with E-state index < -0.39 is 0 Å². The van der Waals surface area contributed by atoms with Gasteiger partial charge in [0, 0.05) is 11.6 Å². The van der Waals surface area contributed by atoms with Crippen molar-refractivity contribution in [1.82, 2.24) is 15.2 Å². The molecular weight excluding hydrogens is 326 g/mol. The second-order valence-corrected chi connectivity index (χ2v) is 5.41. The molecule has 0 radical (unpaired) electrons. The highest BCUT2D eigenvalue weighted by Gasteiger charge is 2.05. The Kier molecular flexibility index (Phi) is 5.08. The first-order chi connectivity index (χ1) is 11.7. The minimum Gasteiger partial charge on any atom is -0.495 e. The maximum Gasteiger partial charge on any atom is 0.249 e. The van der Waals surface area contributed by atoms with Crippen LogP contribution in [0.2, 0.25) is 5.02 Å². The number of ether oxygens (including phenoxy) is 1. The summed E-state index contributed by atoms with van der Waals surface area (Å²) in [6, 6.07) is 15.2. The van der Waals surface area contributed by atoms with Crippen LogP contribution >= 0.6 is 11.6 Å². The molecule has 2 N–H and O–H groups in total. The van der Waals surface area contributed by atoms with Gasteiger partial charge in [-0.2, -0.15) is 10.1 Å². The van der Waals surface area contributed by atoms with Crippen LogP contribution in [0.1, 0.15) is 5.56 Å². The van der Waals surface area contributed by atoms with Crippen LogP contribution in [0.15, 0.2) is 54.7 Å². The molecule has 0 aliphatic rings. The van der Waals surface area contributed by atoms with Gasteiger partial charge >= 0.3 is 0 Å². The summed E-state index contributed by atoms with van der Waals surface area (Å²) in [6.45, 7) is 0.615. The molecule has 0 aliphatic heterocycles. The van der Waals surface area contributed by atoms with Gasteiger partial charge in [-0.15, -0.1) is 5.10 Å². The van der Waals surface area contributed by atoms with Crippen molar-refractivity contribution in [3.05, 3.63) is 65.3 Å². The second kappa shape index (κ2) is 7.61. The Morgan fingerprint density at radius 1 is 1.08 bits per heavy atom. The van der Waals surface area contributed by atoms with Gasteiger partial charge in [0.15, 0.2) is 5.82 Å². The van der Waals surface area contributed by atoms with Crippen molar-refractivity contribution in [2.75, 3.05) is 17.7 Å². The van der Waals surface area contributed by atoms with Crippen LogP contribution in [-0.2, 0) is 6.54 Å². The molecule has 1 aromatic heterocycles. The second-order valence-electron chi connectivity index (χ2n) is 4.97. The zero-order valence-corrected chi connectivity index (χ0v) is 13.8. The number of para-hydroxylation sites is 2. The number of hydrogen-bond acceptors (Lipinski definition) is 6. The van der Waals surface area contributed by atoms with Crippen molar-refractivity contribution >= 4 is 29.1 Å². The Balaban J connectivity index is 1.68. The molecule has 6 nitrogen and oxygen atoms in total. The number of aromatic nitrogens is 3. The Morgan fingerprint density at radius 3 is 2.67 bits per heavy atom. The van der Waals surface area contributed by atoms with Gasteiger partial charge in [-0.3, -0.25) is 0 Å². The predicted octanol–water partition coefficient (Wildman–Crippen LogP) is 3.89. The summed E-state index contributed by atoms with van der Waals surface area (Å²) in [5.41, 5.74) is 1.87. The molecule has 3 aromatic rings. The number of rotatable bonds is 6. The average Bonchev–Trinajstić information content (AvgIpc) is 2.62. The first-order valence-corrected chi connectivity index (χ1v) is 7.70. The number of nitrogens with one attached hydrogen (secondary N) is 2. The van der Waals surface area contributed by atoms with Gasteiger partial charge in [0.05, 0.1) is 19.0 Å². The SMILES string of the molecule is COc1ccccc1Nc1nncc(NCc2ccc(Cl)cc2)n1. The highest BCUT2D eigenvalue weighted by Crippen LogP contribution is 2.25. The lowest BCUT2D eigenvalue weighted by Gasteiger charge is -2.10. The van der Waals surface area contributed by atoms with Crippen LogP contribution in [0.5, 0.6) is 5.75 Å². The molecule has 0 aliphatic carbocycles. The first-order valence-electron chi connectivity index (χ1n) is 7.32. The van der Waals surface area contributed by atoms with Gasteiger partial charge < -0.3 is 15.4 Å². The van der Waals surface area contributed by atoms with Crippen LogP contribution in [0, 0.1) is 0 Å². The minimum atomic E-state index is 0.389. The molecule has 0 saturated carbocycles. The third-order valence-corrected chi connectivity index (χ3v) is 3.55. The highest BCUT2D eigenvalue weighted by molar-refractivity contribution is 6.30. The van der Waals surface area contributed by atoms with E-state index in [1.807, 2.05) is 48.5 Å². The summed E-state index contributed by atoms with van der Waals surface area (Å²) in [5, 5.41) is 15.0. The van der Waals surface area contributed by atoms with E-state index in [9.17, 15) is 0 Å². The fourth-order valence-electron chi connectivity index (χ4n) is 2.10. The molecule has 2 aromatic carbocycles. The summed E-state index contributed by atoms with van der Waals surface area (Å²) in [7, 11) is 1.61. The van der Waals surface area contributed by atoms with E-state index in [1.54, 1.807) is 13.3 Å². The third-order valence-electron chi connectivity index (χ3n) is 3.30. The zero-order chi connectivity index (χ0) is 16.8. The Hall–Kier alpha value is -2.86. The number of methoxy groups -OCH3 is 1. The normalized spacial score (nSPS) is 10.2. The number of nitrogens with zero attached hydrogens (tertiary/aromatic N) is 3. The van der Waals surface area contributed by atoms with Crippen LogP contribution in [-0.4, -0.2) is 22.3 Å². The van der Waals surface area contributed by atoms with E-state index in [0.29, 0.717) is 29.1 Å². The number of anilines is 3. The minimum absolute atomic E-state index is 0.389. The molecule has 0 atom stereocenters. The quantitative estimate of drug-likeness (QED) is 0.708. The smallest absolute Gasteiger partial charge is 0.249 e. The lowest BCUT2D eigenvalue weighted by Crippen LogP contribution is -2.06. The maximum atomic E-state index is 5.88. The van der Waals surface area contributed by atoms with Gasteiger partial charge in [0.2, 0.25) is 5.95 Å². The Labute approximate surface area is 144 Å². The summed E-state index contributed by atoms with van der Waals surface area (Å²) in [5.74, 6) is 1.72. The first kappa shape index (κ1) is 16.0. The Bertz CT molecular complexity index is 810. The number of halogens is 1. The van der Waals surface area contributed by atoms with Crippen molar-refractivity contribution in [2.45, 2.75) is 6.54 Å². The molecule has 0 bridgehead atoms. The number of hydrogen-bond donors (Lipinski definition) is 2. The van der Waals surface area contributed by atoms with E-state index in [0.717, 1.165) is 11.3 Å². The molecular formula is C17H16ClN5O.